The monoisotopic (exact) mass is 351 g/mol. The van der Waals surface area contributed by atoms with Crippen molar-refractivity contribution in [1.82, 2.24) is 24.7 Å². The van der Waals surface area contributed by atoms with E-state index in [1.54, 1.807) is 35.5 Å². The number of aromatic nitrogens is 5. The molecule has 0 saturated heterocycles. The summed E-state index contributed by atoms with van der Waals surface area (Å²) in [6.07, 6.45) is 5.95. The molecular formula is C17H13N5S2. The van der Waals surface area contributed by atoms with Crippen LogP contribution >= 0.6 is 23.1 Å². The van der Waals surface area contributed by atoms with E-state index in [1.807, 2.05) is 30.3 Å². The molecular weight excluding hydrogens is 338 g/mol. The van der Waals surface area contributed by atoms with Crippen LogP contribution in [0.5, 0.6) is 0 Å². The van der Waals surface area contributed by atoms with Crippen molar-refractivity contribution >= 4 is 33.3 Å². The van der Waals surface area contributed by atoms with Crippen LogP contribution in [0.3, 0.4) is 0 Å². The third-order valence-corrected chi connectivity index (χ3v) is 6.03. The molecule has 5 rings (SSSR count). The third-order valence-electron chi connectivity index (χ3n) is 3.97. The van der Waals surface area contributed by atoms with E-state index >= 15 is 0 Å². The second kappa shape index (κ2) is 5.68. The molecule has 7 heteroatoms. The van der Waals surface area contributed by atoms with Crippen LogP contribution in [0.1, 0.15) is 18.9 Å². The molecule has 5 nitrogen and oxygen atoms in total. The number of rotatable bonds is 4. The molecule has 0 amide bonds. The van der Waals surface area contributed by atoms with Crippen LogP contribution in [0.4, 0.5) is 0 Å². The van der Waals surface area contributed by atoms with E-state index in [4.69, 9.17) is 4.98 Å². The van der Waals surface area contributed by atoms with Crippen molar-refractivity contribution in [3.8, 4) is 11.4 Å². The smallest absolute Gasteiger partial charge is 0.198 e. The first-order valence-corrected chi connectivity index (χ1v) is 9.40. The molecule has 3 aromatic heterocycles. The lowest BCUT2D eigenvalue weighted by Crippen LogP contribution is -1.99. The fraction of sp³-hybridized carbons (Fsp3) is 0.176. The molecule has 4 aromatic rings. The number of pyridine rings is 1. The van der Waals surface area contributed by atoms with Crippen molar-refractivity contribution in [2.45, 2.75) is 28.4 Å². The molecule has 0 spiro atoms. The topological polar surface area (TPSA) is 56.5 Å². The van der Waals surface area contributed by atoms with Crippen LogP contribution < -0.4 is 0 Å². The van der Waals surface area contributed by atoms with Crippen molar-refractivity contribution in [3.63, 3.8) is 0 Å². The van der Waals surface area contributed by atoms with Gasteiger partial charge in [0.15, 0.2) is 15.3 Å². The molecule has 1 aliphatic rings. The average molecular weight is 351 g/mol. The van der Waals surface area contributed by atoms with E-state index in [1.165, 1.54) is 17.5 Å². The lowest BCUT2D eigenvalue weighted by atomic mass is 10.2. The van der Waals surface area contributed by atoms with Gasteiger partial charge in [-0.3, -0.25) is 9.55 Å². The number of benzene rings is 1. The molecule has 0 N–H and O–H groups in total. The van der Waals surface area contributed by atoms with Crippen molar-refractivity contribution in [2.75, 3.05) is 0 Å². The lowest BCUT2D eigenvalue weighted by molar-refractivity contribution is 0.669. The van der Waals surface area contributed by atoms with Gasteiger partial charge >= 0.3 is 0 Å². The molecule has 3 heterocycles. The van der Waals surface area contributed by atoms with Gasteiger partial charge in [-0.25, -0.2) is 4.98 Å². The number of fused-ring (bicyclic) bond motifs is 1. The van der Waals surface area contributed by atoms with Crippen LogP contribution in [0.15, 0.2) is 58.3 Å². The Hall–Kier alpha value is -2.25. The molecule has 0 atom stereocenters. The Morgan fingerprint density at radius 2 is 1.88 bits per heavy atom. The highest BCUT2D eigenvalue weighted by Crippen LogP contribution is 2.43. The maximum Gasteiger partial charge on any atom is 0.198 e. The van der Waals surface area contributed by atoms with Crippen LogP contribution in [-0.4, -0.2) is 24.7 Å². The summed E-state index contributed by atoms with van der Waals surface area (Å²) in [6.45, 7) is 0. The lowest BCUT2D eigenvalue weighted by Gasteiger charge is -2.07. The maximum atomic E-state index is 4.70. The highest BCUT2D eigenvalue weighted by molar-refractivity contribution is 8.01. The Morgan fingerprint density at radius 1 is 1.04 bits per heavy atom. The van der Waals surface area contributed by atoms with Gasteiger partial charge in [-0.1, -0.05) is 12.1 Å². The second-order valence-corrected chi connectivity index (χ2v) is 7.94. The largest absolute Gasteiger partial charge is 0.299 e. The molecule has 118 valence electrons. The van der Waals surface area contributed by atoms with E-state index in [2.05, 4.69) is 25.8 Å². The second-order valence-electron chi connectivity index (χ2n) is 5.69. The fourth-order valence-electron chi connectivity index (χ4n) is 2.68. The van der Waals surface area contributed by atoms with Crippen molar-refractivity contribution in [1.29, 1.82) is 0 Å². The standard InChI is InChI=1S/C17H13N5S2/c1-2-4-14-13(3-1)19-17(23-14)24-16-21-20-15(22(16)12-5-6-12)11-7-9-18-10-8-11/h1-4,7-10,12H,5-6H2. The third kappa shape index (κ3) is 2.50. The molecule has 0 radical (unpaired) electrons. The van der Waals surface area contributed by atoms with Gasteiger partial charge in [0, 0.05) is 24.0 Å². The summed E-state index contributed by atoms with van der Waals surface area (Å²) in [5.41, 5.74) is 2.09. The Balaban J connectivity index is 1.55. The quantitative estimate of drug-likeness (QED) is 0.544. The molecule has 0 bridgehead atoms. The van der Waals surface area contributed by atoms with Crippen molar-refractivity contribution in [2.24, 2.45) is 0 Å². The first-order valence-electron chi connectivity index (χ1n) is 7.77. The SMILES string of the molecule is c1ccc2sc(Sc3nnc(-c4ccncc4)n3C3CC3)nc2c1. The minimum atomic E-state index is 0.500. The van der Waals surface area contributed by atoms with Crippen LogP contribution in [0.25, 0.3) is 21.6 Å². The Bertz CT molecular complexity index is 971. The van der Waals surface area contributed by atoms with Gasteiger partial charge in [-0.2, -0.15) is 0 Å². The highest BCUT2D eigenvalue weighted by Gasteiger charge is 2.30. The van der Waals surface area contributed by atoms with E-state index in [-0.39, 0.29) is 0 Å². The Kier molecular flexibility index (Phi) is 3.34. The van der Waals surface area contributed by atoms with E-state index in [0.29, 0.717) is 6.04 Å². The zero-order valence-electron chi connectivity index (χ0n) is 12.7. The van der Waals surface area contributed by atoms with Crippen LogP contribution in [0.2, 0.25) is 0 Å². The summed E-state index contributed by atoms with van der Waals surface area (Å²) in [6, 6.07) is 12.7. The van der Waals surface area contributed by atoms with Crippen LogP contribution in [-0.2, 0) is 0 Å². The number of nitrogens with zero attached hydrogens (tertiary/aromatic N) is 5. The van der Waals surface area contributed by atoms with Gasteiger partial charge in [0.25, 0.3) is 0 Å². The number of thiazole rings is 1. The zero-order valence-corrected chi connectivity index (χ0v) is 14.3. The van der Waals surface area contributed by atoms with Crippen molar-refractivity contribution < 1.29 is 0 Å². The van der Waals surface area contributed by atoms with Gasteiger partial charge in [0.1, 0.15) is 0 Å². The van der Waals surface area contributed by atoms with E-state index < -0.39 is 0 Å². The summed E-state index contributed by atoms with van der Waals surface area (Å²) < 4.78 is 4.46. The van der Waals surface area contributed by atoms with E-state index in [0.717, 1.165) is 26.4 Å². The molecule has 0 aliphatic heterocycles. The van der Waals surface area contributed by atoms with Gasteiger partial charge in [-0.05, 0) is 48.9 Å². The summed E-state index contributed by atoms with van der Waals surface area (Å²) >= 11 is 3.30. The first-order chi connectivity index (χ1) is 11.9. The summed E-state index contributed by atoms with van der Waals surface area (Å²) in [7, 11) is 0. The molecule has 1 aromatic carbocycles. The Labute approximate surface area is 146 Å². The Morgan fingerprint density at radius 3 is 2.67 bits per heavy atom. The average Bonchev–Trinajstić information content (AvgIpc) is 3.24. The maximum absolute atomic E-state index is 4.70. The molecule has 1 aliphatic carbocycles. The number of hydrogen-bond acceptors (Lipinski definition) is 6. The summed E-state index contributed by atoms with van der Waals surface area (Å²) in [5.74, 6) is 0.920. The summed E-state index contributed by atoms with van der Waals surface area (Å²) in [5, 5.41) is 9.80. The minimum Gasteiger partial charge on any atom is -0.299 e. The normalized spacial score (nSPS) is 14.3. The predicted octanol–water partition coefficient (Wildman–Crippen LogP) is 4.44. The molecule has 24 heavy (non-hydrogen) atoms. The van der Waals surface area contributed by atoms with Gasteiger partial charge < -0.3 is 0 Å². The molecule has 1 fully saturated rings. The number of hydrogen-bond donors (Lipinski definition) is 0. The zero-order chi connectivity index (χ0) is 15.9. The molecule has 1 saturated carbocycles. The van der Waals surface area contributed by atoms with Gasteiger partial charge in [-0.15, -0.1) is 21.5 Å². The minimum absolute atomic E-state index is 0.500. The molecule has 0 unspecified atom stereocenters. The highest BCUT2D eigenvalue weighted by atomic mass is 32.2. The predicted molar refractivity (Wildman–Crippen MR) is 95.3 cm³/mol. The van der Waals surface area contributed by atoms with Gasteiger partial charge in [0.05, 0.1) is 10.2 Å². The van der Waals surface area contributed by atoms with Crippen LogP contribution in [0, 0.1) is 0 Å². The fourth-order valence-corrected chi connectivity index (χ4v) is 4.75. The van der Waals surface area contributed by atoms with Gasteiger partial charge in [0.2, 0.25) is 0 Å². The first kappa shape index (κ1) is 14.1. The van der Waals surface area contributed by atoms with Crippen molar-refractivity contribution in [3.05, 3.63) is 48.8 Å². The summed E-state index contributed by atoms with van der Waals surface area (Å²) in [4.78, 5) is 8.79. The number of para-hydroxylation sites is 1. The van der Waals surface area contributed by atoms with E-state index in [9.17, 15) is 0 Å².